The van der Waals surface area contributed by atoms with E-state index in [0.29, 0.717) is 17.2 Å². The van der Waals surface area contributed by atoms with Gasteiger partial charge in [-0.15, -0.1) is 10.2 Å². The maximum atomic E-state index is 5.37. The normalized spacial score (nSPS) is 11.4. The summed E-state index contributed by atoms with van der Waals surface area (Å²) in [6.45, 7) is 0. The first-order valence-corrected chi connectivity index (χ1v) is 9.59. The highest BCUT2D eigenvalue weighted by molar-refractivity contribution is 7.97. The first kappa shape index (κ1) is 17.6. The molecule has 3 rings (SSSR count). The summed E-state index contributed by atoms with van der Waals surface area (Å²) in [4.78, 5) is 0.786. The highest BCUT2D eigenvalue weighted by atomic mass is 32.2. The fourth-order valence-electron chi connectivity index (χ4n) is 2.32. The van der Waals surface area contributed by atoms with Crippen molar-refractivity contribution in [1.29, 1.82) is 0 Å². The summed E-state index contributed by atoms with van der Waals surface area (Å²) in [5.41, 5.74) is 0.921. The zero-order valence-electron chi connectivity index (χ0n) is 14.3. The second-order valence-corrected chi connectivity index (χ2v) is 6.83. The first-order chi connectivity index (χ1) is 12.2. The van der Waals surface area contributed by atoms with Crippen molar-refractivity contribution in [1.82, 2.24) is 19.8 Å². The Balaban J connectivity index is 1.91. The molecule has 0 spiro atoms. The maximum Gasteiger partial charge on any atom is 0.234 e. The van der Waals surface area contributed by atoms with Gasteiger partial charge in [0.1, 0.15) is 5.01 Å². The van der Waals surface area contributed by atoms with Gasteiger partial charge < -0.3 is 14.2 Å². The lowest BCUT2D eigenvalue weighted by Crippen LogP contribution is -1.95. The second kappa shape index (κ2) is 7.75. The van der Waals surface area contributed by atoms with Crippen LogP contribution in [0.1, 0.15) is 16.4 Å². The van der Waals surface area contributed by atoms with Crippen molar-refractivity contribution < 1.29 is 14.2 Å². The number of ether oxygens (including phenoxy) is 3. The molecule has 25 heavy (non-hydrogen) atoms. The van der Waals surface area contributed by atoms with E-state index < -0.39 is 0 Å². The number of benzene rings is 1. The number of hydrogen-bond donors (Lipinski definition) is 0. The molecule has 0 aliphatic carbocycles. The van der Waals surface area contributed by atoms with E-state index in [9.17, 15) is 0 Å². The maximum absolute atomic E-state index is 5.37. The molecule has 2 heterocycles. The summed E-state index contributed by atoms with van der Waals surface area (Å²) < 4.78 is 17.9. The van der Waals surface area contributed by atoms with Crippen LogP contribution in [0.2, 0.25) is 0 Å². The minimum atomic E-state index is 0.572. The van der Waals surface area contributed by atoms with Crippen LogP contribution in [0.25, 0.3) is 17.1 Å². The highest BCUT2D eigenvalue weighted by Crippen LogP contribution is 2.38. The fourth-order valence-corrected chi connectivity index (χ4v) is 3.52. The molecule has 3 aromatic rings. The lowest BCUT2D eigenvalue weighted by Gasteiger charge is -2.12. The fraction of sp³-hybridized carbons (Fsp3) is 0.312. The van der Waals surface area contributed by atoms with Gasteiger partial charge in [-0.1, -0.05) is 17.4 Å². The average Bonchev–Trinajstić information content (AvgIpc) is 3.20. The zero-order chi connectivity index (χ0) is 17.8. The van der Waals surface area contributed by atoms with Crippen LogP contribution in [0.3, 0.4) is 0 Å². The van der Waals surface area contributed by atoms with Crippen molar-refractivity contribution in [3.05, 3.63) is 28.5 Å². The zero-order valence-corrected chi connectivity index (χ0v) is 16.0. The third-order valence-electron chi connectivity index (χ3n) is 3.45. The Morgan fingerprint density at radius 2 is 1.80 bits per heavy atom. The van der Waals surface area contributed by atoms with Crippen LogP contribution in [0.5, 0.6) is 17.2 Å². The molecule has 0 N–H and O–H groups in total. The first-order valence-electron chi connectivity index (χ1n) is 7.38. The summed E-state index contributed by atoms with van der Waals surface area (Å²) in [6, 6.07) is 3.77. The van der Waals surface area contributed by atoms with E-state index in [1.165, 1.54) is 11.3 Å². The van der Waals surface area contributed by atoms with Crippen molar-refractivity contribution in [2.75, 3.05) is 27.6 Å². The third-order valence-corrected chi connectivity index (χ3v) is 4.86. The van der Waals surface area contributed by atoms with Crippen molar-refractivity contribution in [3.8, 4) is 17.2 Å². The quantitative estimate of drug-likeness (QED) is 0.625. The summed E-state index contributed by atoms with van der Waals surface area (Å²) in [6.07, 6.45) is 5.91. The molecular formula is C16H18N4O3S2. The Labute approximate surface area is 153 Å². The highest BCUT2D eigenvalue weighted by Gasteiger charge is 2.13. The van der Waals surface area contributed by atoms with Gasteiger partial charge in [0.25, 0.3) is 0 Å². The van der Waals surface area contributed by atoms with E-state index in [0.717, 1.165) is 27.1 Å². The van der Waals surface area contributed by atoms with Crippen molar-refractivity contribution in [2.24, 2.45) is 0 Å². The number of thioether (sulfide) groups is 1. The second-order valence-electron chi connectivity index (χ2n) is 4.98. The van der Waals surface area contributed by atoms with Crippen LogP contribution in [0.4, 0.5) is 0 Å². The average molecular weight is 378 g/mol. The van der Waals surface area contributed by atoms with Gasteiger partial charge in [-0.2, -0.15) is 21.4 Å². The number of hydrogen-bond acceptors (Lipinski definition) is 8. The predicted octanol–water partition coefficient (Wildman–Crippen LogP) is 3.25. The molecule has 0 atom stereocenters. The molecule has 0 saturated carbocycles. The van der Waals surface area contributed by atoms with Crippen LogP contribution in [0.15, 0.2) is 12.1 Å². The minimum absolute atomic E-state index is 0.572. The predicted molar refractivity (Wildman–Crippen MR) is 101 cm³/mol. The Morgan fingerprint density at radius 3 is 2.40 bits per heavy atom. The Hall–Kier alpha value is -2.26. The Morgan fingerprint density at radius 1 is 1.08 bits per heavy atom. The summed E-state index contributed by atoms with van der Waals surface area (Å²) >= 11 is 3.17. The third kappa shape index (κ3) is 3.57. The van der Waals surface area contributed by atoms with E-state index in [-0.39, 0.29) is 0 Å². The Bertz CT molecular complexity index is 879. The van der Waals surface area contributed by atoms with E-state index in [1.807, 2.05) is 30.5 Å². The van der Waals surface area contributed by atoms with Crippen LogP contribution in [-0.4, -0.2) is 47.4 Å². The largest absolute Gasteiger partial charge is 0.493 e. The minimum Gasteiger partial charge on any atom is -0.493 e. The number of fused-ring (bicyclic) bond motifs is 1. The van der Waals surface area contributed by atoms with E-state index in [2.05, 4.69) is 15.3 Å². The molecular weight excluding hydrogens is 360 g/mol. The van der Waals surface area contributed by atoms with Crippen molar-refractivity contribution in [2.45, 2.75) is 5.75 Å². The molecule has 0 bridgehead atoms. The smallest absolute Gasteiger partial charge is 0.234 e. The topological polar surface area (TPSA) is 70.8 Å². The van der Waals surface area contributed by atoms with Crippen LogP contribution >= 0.6 is 23.1 Å². The van der Waals surface area contributed by atoms with E-state index >= 15 is 0 Å². The van der Waals surface area contributed by atoms with Gasteiger partial charge in [-0.3, -0.25) is 0 Å². The molecule has 0 fully saturated rings. The van der Waals surface area contributed by atoms with Gasteiger partial charge in [-0.05, 0) is 30.0 Å². The molecule has 132 valence electrons. The van der Waals surface area contributed by atoms with E-state index in [1.54, 1.807) is 37.6 Å². The van der Waals surface area contributed by atoms with Gasteiger partial charge >= 0.3 is 0 Å². The Kier molecular flexibility index (Phi) is 5.44. The molecule has 0 aliphatic rings. The molecule has 0 saturated heterocycles. The van der Waals surface area contributed by atoms with Gasteiger partial charge in [0.05, 0.1) is 27.1 Å². The van der Waals surface area contributed by atoms with Crippen molar-refractivity contribution in [3.63, 3.8) is 0 Å². The molecule has 0 unspecified atom stereocenters. The number of nitrogens with zero attached hydrogens (tertiary/aromatic N) is 4. The lowest BCUT2D eigenvalue weighted by molar-refractivity contribution is 0.324. The van der Waals surface area contributed by atoms with Gasteiger partial charge in [0, 0.05) is 0 Å². The number of methoxy groups -OCH3 is 3. The SMILES string of the molecule is COc1cc(C=Cc2nn3c(CSC)nnc3s2)cc(OC)c1OC. The number of rotatable bonds is 7. The van der Waals surface area contributed by atoms with E-state index in [4.69, 9.17) is 14.2 Å². The van der Waals surface area contributed by atoms with Crippen LogP contribution in [-0.2, 0) is 5.75 Å². The van der Waals surface area contributed by atoms with Gasteiger partial charge in [-0.25, -0.2) is 0 Å². The summed E-state index contributed by atoms with van der Waals surface area (Å²) in [7, 11) is 4.78. The molecule has 0 amide bonds. The molecule has 0 radical (unpaired) electrons. The lowest BCUT2D eigenvalue weighted by atomic mass is 10.1. The monoisotopic (exact) mass is 378 g/mol. The van der Waals surface area contributed by atoms with Gasteiger partial charge in [0.15, 0.2) is 17.3 Å². The molecule has 1 aromatic carbocycles. The van der Waals surface area contributed by atoms with Crippen molar-refractivity contribution >= 4 is 40.2 Å². The van der Waals surface area contributed by atoms with Crippen LogP contribution in [0, 0.1) is 0 Å². The molecule has 9 heteroatoms. The molecule has 0 aliphatic heterocycles. The summed E-state index contributed by atoms with van der Waals surface area (Å²) in [5.74, 6) is 3.43. The molecule has 2 aromatic heterocycles. The van der Waals surface area contributed by atoms with Crippen LogP contribution < -0.4 is 14.2 Å². The standard InChI is InChI=1S/C16H18N4O3S2/c1-21-11-7-10(8-12(22-2)15(11)23-3)5-6-14-19-20-13(9-24-4)17-18-16(20)25-14/h5-8H,9H2,1-4H3. The molecule has 7 nitrogen and oxygen atoms in total. The summed E-state index contributed by atoms with van der Waals surface area (Å²) in [5, 5.41) is 13.7. The van der Waals surface area contributed by atoms with Gasteiger partial charge in [0.2, 0.25) is 10.7 Å². The number of aromatic nitrogens is 4.